The average molecular weight is 309 g/mol. The molecule has 0 aliphatic heterocycles. The van der Waals surface area contributed by atoms with Crippen LogP contribution < -0.4 is 10.2 Å². The molecule has 7 heteroatoms. The SMILES string of the molecule is CN(C)c1cc(C(F)(F)F)cc(-c2cccc(NC=O)c2)n1. The number of halogens is 3. The number of rotatable bonds is 4. The van der Waals surface area contributed by atoms with Gasteiger partial charge in [-0.3, -0.25) is 4.79 Å². The molecule has 1 N–H and O–H groups in total. The van der Waals surface area contributed by atoms with Gasteiger partial charge in [0.05, 0.1) is 11.3 Å². The lowest BCUT2D eigenvalue weighted by Crippen LogP contribution is -2.14. The monoisotopic (exact) mass is 309 g/mol. The molecule has 1 aromatic heterocycles. The molecule has 2 rings (SSSR count). The van der Waals surface area contributed by atoms with Crippen molar-refractivity contribution in [1.82, 2.24) is 4.98 Å². The number of carbonyl (C=O) groups is 1. The van der Waals surface area contributed by atoms with E-state index in [4.69, 9.17) is 0 Å². The Morgan fingerprint density at radius 2 is 1.91 bits per heavy atom. The molecule has 0 unspecified atom stereocenters. The normalized spacial score (nSPS) is 11.1. The van der Waals surface area contributed by atoms with Crippen LogP contribution in [0.2, 0.25) is 0 Å². The van der Waals surface area contributed by atoms with Crippen LogP contribution in [0.15, 0.2) is 36.4 Å². The Morgan fingerprint density at radius 3 is 2.50 bits per heavy atom. The van der Waals surface area contributed by atoms with Crippen LogP contribution in [0, 0.1) is 0 Å². The summed E-state index contributed by atoms with van der Waals surface area (Å²) < 4.78 is 39.1. The third-order valence-electron chi connectivity index (χ3n) is 2.98. The average Bonchev–Trinajstić information content (AvgIpc) is 2.46. The van der Waals surface area contributed by atoms with Gasteiger partial charge in [-0.2, -0.15) is 13.2 Å². The van der Waals surface area contributed by atoms with E-state index < -0.39 is 11.7 Å². The predicted molar refractivity (Wildman–Crippen MR) is 78.7 cm³/mol. The molecule has 0 fully saturated rings. The fraction of sp³-hybridized carbons (Fsp3) is 0.200. The Balaban J connectivity index is 2.56. The second kappa shape index (κ2) is 6.05. The molecule has 0 radical (unpaired) electrons. The summed E-state index contributed by atoms with van der Waals surface area (Å²) in [5.41, 5.74) is 0.391. The highest BCUT2D eigenvalue weighted by Crippen LogP contribution is 2.34. The first-order valence-electron chi connectivity index (χ1n) is 6.38. The van der Waals surface area contributed by atoms with E-state index in [1.54, 1.807) is 38.4 Å². The minimum Gasteiger partial charge on any atom is -0.363 e. The van der Waals surface area contributed by atoms with E-state index >= 15 is 0 Å². The first-order valence-corrected chi connectivity index (χ1v) is 6.38. The number of hydrogen-bond donors (Lipinski definition) is 1. The molecule has 0 aliphatic carbocycles. The molecular formula is C15H14F3N3O. The van der Waals surface area contributed by atoms with Crippen LogP contribution in [-0.4, -0.2) is 25.5 Å². The minimum absolute atomic E-state index is 0.188. The lowest BCUT2D eigenvalue weighted by atomic mass is 10.1. The van der Waals surface area contributed by atoms with Crippen molar-refractivity contribution < 1.29 is 18.0 Å². The molecule has 0 aliphatic rings. The fourth-order valence-corrected chi connectivity index (χ4v) is 1.89. The largest absolute Gasteiger partial charge is 0.416 e. The number of benzene rings is 1. The molecular weight excluding hydrogens is 295 g/mol. The third kappa shape index (κ3) is 3.55. The number of carbonyl (C=O) groups excluding carboxylic acids is 1. The van der Waals surface area contributed by atoms with Crippen molar-refractivity contribution in [2.45, 2.75) is 6.18 Å². The number of amides is 1. The molecule has 1 aromatic carbocycles. The third-order valence-corrected chi connectivity index (χ3v) is 2.98. The van der Waals surface area contributed by atoms with E-state index in [9.17, 15) is 18.0 Å². The summed E-state index contributed by atoms with van der Waals surface area (Å²) in [6.45, 7) is 0. The summed E-state index contributed by atoms with van der Waals surface area (Å²) in [5, 5.41) is 2.46. The van der Waals surface area contributed by atoms with Gasteiger partial charge in [0.2, 0.25) is 6.41 Å². The van der Waals surface area contributed by atoms with Crippen molar-refractivity contribution in [3.8, 4) is 11.3 Å². The maximum Gasteiger partial charge on any atom is 0.416 e. The lowest BCUT2D eigenvalue weighted by molar-refractivity contribution is -0.137. The highest BCUT2D eigenvalue weighted by atomic mass is 19.4. The van der Waals surface area contributed by atoms with E-state index in [0.717, 1.165) is 12.1 Å². The molecule has 1 amide bonds. The van der Waals surface area contributed by atoms with E-state index in [-0.39, 0.29) is 11.5 Å². The molecule has 1 heterocycles. The van der Waals surface area contributed by atoms with Crippen molar-refractivity contribution in [2.24, 2.45) is 0 Å². The van der Waals surface area contributed by atoms with Crippen molar-refractivity contribution in [2.75, 3.05) is 24.3 Å². The lowest BCUT2D eigenvalue weighted by Gasteiger charge is -2.16. The van der Waals surface area contributed by atoms with E-state index in [1.807, 2.05) is 0 Å². The Hall–Kier alpha value is -2.57. The summed E-state index contributed by atoms with van der Waals surface area (Å²) in [6, 6.07) is 8.47. The summed E-state index contributed by atoms with van der Waals surface area (Å²) in [4.78, 5) is 16.2. The van der Waals surface area contributed by atoms with Gasteiger partial charge in [-0.05, 0) is 24.3 Å². The molecule has 0 saturated carbocycles. The van der Waals surface area contributed by atoms with Crippen LogP contribution in [0.3, 0.4) is 0 Å². The fourth-order valence-electron chi connectivity index (χ4n) is 1.89. The van der Waals surface area contributed by atoms with Gasteiger partial charge in [-0.25, -0.2) is 4.98 Å². The second-order valence-electron chi connectivity index (χ2n) is 4.83. The summed E-state index contributed by atoms with van der Waals surface area (Å²) in [6.07, 6.45) is -3.95. The van der Waals surface area contributed by atoms with E-state index in [0.29, 0.717) is 17.7 Å². The Kier molecular flexibility index (Phi) is 4.35. The number of pyridine rings is 1. The molecule has 0 bridgehead atoms. The second-order valence-corrected chi connectivity index (χ2v) is 4.83. The van der Waals surface area contributed by atoms with Crippen LogP contribution in [0.5, 0.6) is 0 Å². The Morgan fingerprint density at radius 1 is 1.18 bits per heavy atom. The van der Waals surface area contributed by atoms with Gasteiger partial charge < -0.3 is 10.2 Å². The number of hydrogen-bond acceptors (Lipinski definition) is 3. The maximum absolute atomic E-state index is 13.0. The van der Waals surface area contributed by atoms with Gasteiger partial charge in [0, 0.05) is 25.3 Å². The molecule has 0 saturated heterocycles. The maximum atomic E-state index is 13.0. The van der Waals surface area contributed by atoms with Gasteiger partial charge in [0.1, 0.15) is 5.82 Å². The summed E-state index contributed by atoms with van der Waals surface area (Å²) >= 11 is 0. The van der Waals surface area contributed by atoms with Crippen LogP contribution in [0.4, 0.5) is 24.7 Å². The first kappa shape index (κ1) is 15.8. The van der Waals surface area contributed by atoms with Crippen molar-refractivity contribution in [3.05, 3.63) is 42.0 Å². The quantitative estimate of drug-likeness (QED) is 0.880. The van der Waals surface area contributed by atoms with Crippen LogP contribution in [-0.2, 0) is 11.0 Å². The molecule has 0 atom stereocenters. The van der Waals surface area contributed by atoms with E-state index in [1.165, 1.54) is 4.90 Å². The van der Waals surface area contributed by atoms with Gasteiger partial charge in [-0.1, -0.05) is 12.1 Å². The summed E-state index contributed by atoms with van der Waals surface area (Å²) in [7, 11) is 3.24. The molecule has 4 nitrogen and oxygen atoms in total. The minimum atomic E-state index is -4.46. The number of nitrogens with zero attached hydrogens (tertiary/aromatic N) is 2. The van der Waals surface area contributed by atoms with Gasteiger partial charge in [0.25, 0.3) is 0 Å². The Bertz CT molecular complexity index is 684. The predicted octanol–water partition coefficient (Wildman–Crippen LogP) is 3.40. The number of anilines is 2. The van der Waals surface area contributed by atoms with Gasteiger partial charge >= 0.3 is 6.18 Å². The molecule has 2 aromatic rings. The molecule has 116 valence electrons. The van der Waals surface area contributed by atoms with Crippen molar-refractivity contribution >= 4 is 17.9 Å². The standard InChI is InChI=1S/C15H14F3N3O/c1-21(2)14-8-11(15(16,17)18)7-13(20-14)10-4-3-5-12(6-10)19-9-22/h3-9H,1-2H3,(H,19,22). The highest BCUT2D eigenvalue weighted by Gasteiger charge is 2.32. The van der Waals surface area contributed by atoms with E-state index in [2.05, 4.69) is 10.3 Å². The van der Waals surface area contributed by atoms with Crippen LogP contribution in [0.25, 0.3) is 11.3 Å². The first-order chi connectivity index (χ1) is 10.3. The topological polar surface area (TPSA) is 45.2 Å². The van der Waals surface area contributed by atoms with Gasteiger partial charge in [0.15, 0.2) is 0 Å². The zero-order valence-electron chi connectivity index (χ0n) is 12.0. The summed E-state index contributed by atoms with van der Waals surface area (Å²) in [5.74, 6) is 0.207. The van der Waals surface area contributed by atoms with Crippen LogP contribution in [0.1, 0.15) is 5.56 Å². The Labute approximate surface area is 125 Å². The number of aromatic nitrogens is 1. The number of alkyl halides is 3. The smallest absolute Gasteiger partial charge is 0.363 e. The number of nitrogens with one attached hydrogen (secondary N) is 1. The molecule has 0 spiro atoms. The van der Waals surface area contributed by atoms with Crippen molar-refractivity contribution in [3.63, 3.8) is 0 Å². The van der Waals surface area contributed by atoms with Crippen molar-refractivity contribution in [1.29, 1.82) is 0 Å². The highest BCUT2D eigenvalue weighted by molar-refractivity contribution is 5.75. The van der Waals surface area contributed by atoms with Crippen LogP contribution >= 0.6 is 0 Å². The zero-order chi connectivity index (χ0) is 16.3. The van der Waals surface area contributed by atoms with Gasteiger partial charge in [-0.15, -0.1) is 0 Å². The zero-order valence-corrected chi connectivity index (χ0v) is 12.0. The molecule has 22 heavy (non-hydrogen) atoms.